The maximum absolute atomic E-state index is 12.3. The molecule has 5 nitrogen and oxygen atoms in total. The van der Waals surface area contributed by atoms with E-state index in [9.17, 15) is 4.79 Å². The topological polar surface area (TPSA) is 71.2 Å². The van der Waals surface area contributed by atoms with Crippen molar-refractivity contribution in [2.45, 2.75) is 37.8 Å². The molecule has 0 aliphatic carbocycles. The van der Waals surface area contributed by atoms with Gasteiger partial charge in [-0.05, 0) is 44.4 Å². The highest BCUT2D eigenvalue weighted by atomic mass is 35.5. The number of hydrogen-bond donors (Lipinski definition) is 2. The first-order valence-corrected chi connectivity index (χ1v) is 7.48. The van der Waals surface area contributed by atoms with Crippen LogP contribution in [-0.2, 0) is 0 Å². The molecule has 108 valence electrons. The van der Waals surface area contributed by atoms with Crippen LogP contribution in [0.25, 0.3) is 0 Å². The van der Waals surface area contributed by atoms with Crippen molar-refractivity contribution in [3.8, 4) is 0 Å². The van der Waals surface area contributed by atoms with Gasteiger partial charge in [0.1, 0.15) is 11.5 Å². The Morgan fingerprint density at radius 2 is 2.25 bits per heavy atom. The Morgan fingerprint density at radius 1 is 1.40 bits per heavy atom. The van der Waals surface area contributed by atoms with Gasteiger partial charge in [0.05, 0.1) is 5.02 Å². The number of rotatable bonds is 2. The number of nitrogens with one attached hydrogen (secondary N) is 1. The van der Waals surface area contributed by atoms with Crippen LogP contribution in [0.5, 0.6) is 0 Å². The molecule has 20 heavy (non-hydrogen) atoms. The summed E-state index contributed by atoms with van der Waals surface area (Å²) in [6, 6.07) is 4.04. The van der Waals surface area contributed by atoms with E-state index in [1.165, 1.54) is 19.4 Å². The number of hydrogen-bond acceptors (Lipinski definition) is 4. The van der Waals surface area contributed by atoms with Crippen molar-refractivity contribution in [1.82, 2.24) is 15.2 Å². The molecule has 3 N–H and O–H groups in total. The molecule has 0 saturated carbocycles. The Balaban J connectivity index is 1.65. The highest BCUT2D eigenvalue weighted by Gasteiger charge is 2.32. The quantitative estimate of drug-likeness (QED) is 0.870. The first kappa shape index (κ1) is 13.6. The number of nitrogen functional groups attached to an aromatic ring is 1. The molecule has 2 unspecified atom stereocenters. The van der Waals surface area contributed by atoms with E-state index >= 15 is 0 Å². The number of aromatic nitrogens is 1. The lowest BCUT2D eigenvalue weighted by molar-refractivity contribution is 0.0891. The van der Waals surface area contributed by atoms with Crippen LogP contribution in [0.2, 0.25) is 5.02 Å². The fourth-order valence-electron chi connectivity index (χ4n) is 3.23. The molecule has 0 spiro atoms. The molecule has 2 aliphatic rings. The number of pyridine rings is 1. The lowest BCUT2D eigenvalue weighted by Gasteiger charge is -2.35. The van der Waals surface area contributed by atoms with Gasteiger partial charge in [0.2, 0.25) is 0 Å². The highest BCUT2D eigenvalue weighted by molar-refractivity contribution is 6.33. The van der Waals surface area contributed by atoms with E-state index < -0.39 is 0 Å². The van der Waals surface area contributed by atoms with Gasteiger partial charge in [0.25, 0.3) is 5.91 Å². The van der Waals surface area contributed by atoms with Crippen molar-refractivity contribution in [2.24, 2.45) is 0 Å². The number of nitrogens with two attached hydrogens (primary N) is 1. The van der Waals surface area contributed by atoms with Gasteiger partial charge in [-0.2, -0.15) is 0 Å². The van der Waals surface area contributed by atoms with E-state index in [1.54, 1.807) is 12.1 Å². The van der Waals surface area contributed by atoms with Crippen LogP contribution in [0, 0.1) is 0 Å². The van der Waals surface area contributed by atoms with Crippen molar-refractivity contribution >= 4 is 23.3 Å². The fraction of sp³-hybridized carbons (Fsp3) is 0.571. The molecule has 2 atom stereocenters. The minimum atomic E-state index is -0.223. The molecule has 2 aliphatic heterocycles. The predicted molar refractivity (Wildman–Crippen MR) is 78.7 cm³/mol. The maximum atomic E-state index is 12.3. The molecule has 2 fully saturated rings. The molecular weight excluding hydrogens is 276 g/mol. The Kier molecular flexibility index (Phi) is 3.81. The third-order valence-electron chi connectivity index (χ3n) is 4.24. The summed E-state index contributed by atoms with van der Waals surface area (Å²) in [5, 5.41) is 3.39. The Morgan fingerprint density at radius 3 is 3.10 bits per heavy atom. The normalized spacial score (nSPS) is 26.2. The van der Waals surface area contributed by atoms with Crippen LogP contribution >= 0.6 is 11.6 Å². The molecule has 2 saturated heterocycles. The number of nitrogens with zero attached hydrogens (tertiary/aromatic N) is 2. The lowest BCUT2D eigenvalue weighted by atomic mass is 9.97. The summed E-state index contributed by atoms with van der Waals surface area (Å²) >= 11 is 6.01. The van der Waals surface area contributed by atoms with Crippen LogP contribution in [0.4, 0.5) is 5.82 Å². The first-order valence-electron chi connectivity index (χ1n) is 7.10. The number of carbonyl (C=O) groups excluding carboxylic acids is 1. The molecule has 0 radical (unpaired) electrons. The highest BCUT2D eigenvalue weighted by Crippen LogP contribution is 2.27. The van der Waals surface area contributed by atoms with E-state index in [1.807, 2.05) is 0 Å². The fourth-order valence-corrected chi connectivity index (χ4v) is 3.42. The van der Waals surface area contributed by atoms with E-state index in [4.69, 9.17) is 17.3 Å². The van der Waals surface area contributed by atoms with Crippen molar-refractivity contribution in [3.05, 3.63) is 22.8 Å². The number of anilines is 1. The standard InChI is InChI=1S/C14H19ClN4O/c15-11-3-4-12(16)18-13(11)14(20)17-9-5-7-19-6-1-2-10(19)8-9/h3-4,9-10H,1-2,5-8H2,(H2,16,18)(H,17,20). The summed E-state index contributed by atoms with van der Waals surface area (Å²) in [6.45, 7) is 2.27. The van der Waals surface area contributed by atoms with Gasteiger partial charge < -0.3 is 16.0 Å². The Labute approximate surface area is 123 Å². The number of halogens is 1. The molecule has 3 rings (SSSR count). The Hall–Kier alpha value is -1.33. The molecule has 0 bridgehead atoms. The molecule has 0 aromatic carbocycles. The number of fused-ring (bicyclic) bond motifs is 1. The maximum Gasteiger partial charge on any atom is 0.271 e. The zero-order valence-electron chi connectivity index (χ0n) is 11.3. The lowest BCUT2D eigenvalue weighted by Crippen LogP contribution is -2.47. The third-order valence-corrected chi connectivity index (χ3v) is 4.54. The van der Waals surface area contributed by atoms with E-state index in [2.05, 4.69) is 15.2 Å². The molecule has 3 heterocycles. The smallest absolute Gasteiger partial charge is 0.271 e. The minimum Gasteiger partial charge on any atom is -0.384 e. The average molecular weight is 295 g/mol. The first-order chi connectivity index (χ1) is 9.63. The monoisotopic (exact) mass is 294 g/mol. The van der Waals surface area contributed by atoms with Gasteiger partial charge in [-0.1, -0.05) is 11.6 Å². The summed E-state index contributed by atoms with van der Waals surface area (Å²) in [7, 11) is 0. The molecular formula is C14H19ClN4O. The van der Waals surface area contributed by atoms with Gasteiger partial charge in [0, 0.05) is 18.6 Å². The molecule has 1 aromatic heterocycles. The van der Waals surface area contributed by atoms with Crippen LogP contribution in [-0.4, -0.2) is 41.0 Å². The summed E-state index contributed by atoms with van der Waals surface area (Å²) in [5.74, 6) is 0.0870. The second-order valence-electron chi connectivity index (χ2n) is 5.59. The summed E-state index contributed by atoms with van der Waals surface area (Å²) < 4.78 is 0. The van der Waals surface area contributed by atoms with Gasteiger partial charge in [-0.25, -0.2) is 4.98 Å². The van der Waals surface area contributed by atoms with Crippen molar-refractivity contribution < 1.29 is 4.79 Å². The summed E-state index contributed by atoms with van der Waals surface area (Å²) in [6.07, 6.45) is 4.52. The van der Waals surface area contributed by atoms with E-state index in [0.717, 1.165) is 19.4 Å². The zero-order valence-corrected chi connectivity index (χ0v) is 12.1. The largest absolute Gasteiger partial charge is 0.384 e. The van der Waals surface area contributed by atoms with Gasteiger partial charge >= 0.3 is 0 Å². The van der Waals surface area contributed by atoms with Gasteiger partial charge in [-0.15, -0.1) is 0 Å². The van der Waals surface area contributed by atoms with Crippen LogP contribution < -0.4 is 11.1 Å². The van der Waals surface area contributed by atoms with Crippen molar-refractivity contribution in [1.29, 1.82) is 0 Å². The second-order valence-corrected chi connectivity index (χ2v) is 6.00. The third kappa shape index (κ3) is 2.74. The molecule has 6 heteroatoms. The van der Waals surface area contributed by atoms with Gasteiger partial charge in [0.15, 0.2) is 0 Å². The SMILES string of the molecule is Nc1ccc(Cl)c(C(=O)NC2CCN3CCCC3C2)n1. The number of carbonyl (C=O) groups is 1. The van der Waals surface area contributed by atoms with Crippen LogP contribution in [0.15, 0.2) is 12.1 Å². The Bertz CT molecular complexity index is 522. The van der Waals surface area contributed by atoms with E-state index in [0.29, 0.717) is 16.9 Å². The zero-order chi connectivity index (χ0) is 14.1. The van der Waals surface area contributed by atoms with Crippen LogP contribution in [0.3, 0.4) is 0 Å². The molecule has 1 aromatic rings. The number of amides is 1. The van der Waals surface area contributed by atoms with Crippen LogP contribution in [0.1, 0.15) is 36.2 Å². The second kappa shape index (κ2) is 5.58. The average Bonchev–Trinajstić information content (AvgIpc) is 2.89. The number of piperidine rings is 1. The van der Waals surface area contributed by atoms with Crippen molar-refractivity contribution in [3.63, 3.8) is 0 Å². The predicted octanol–water partition coefficient (Wildman–Crippen LogP) is 1.67. The van der Waals surface area contributed by atoms with Gasteiger partial charge in [-0.3, -0.25) is 4.79 Å². The van der Waals surface area contributed by atoms with E-state index in [-0.39, 0.29) is 17.6 Å². The summed E-state index contributed by atoms with van der Waals surface area (Å²) in [5.41, 5.74) is 5.83. The van der Waals surface area contributed by atoms with Crippen molar-refractivity contribution in [2.75, 3.05) is 18.8 Å². The molecule has 1 amide bonds. The summed E-state index contributed by atoms with van der Waals surface area (Å²) in [4.78, 5) is 18.8. The minimum absolute atomic E-state index is 0.209.